The highest BCUT2D eigenvalue weighted by Gasteiger charge is 2.24. The van der Waals surface area contributed by atoms with Gasteiger partial charge in [-0.3, -0.25) is 4.99 Å². The number of rotatable bonds is 4. The van der Waals surface area contributed by atoms with Crippen LogP contribution >= 0.6 is 0 Å². The van der Waals surface area contributed by atoms with Gasteiger partial charge in [0.15, 0.2) is 0 Å². The maximum atomic E-state index is 4.82. The van der Waals surface area contributed by atoms with Crippen LogP contribution in [0.1, 0.15) is 61.3 Å². The molecule has 1 heteroatoms. The number of hydrogen-bond acceptors (Lipinski definition) is 1. The van der Waals surface area contributed by atoms with Gasteiger partial charge < -0.3 is 0 Å². The predicted octanol–water partition coefficient (Wildman–Crippen LogP) is 4.32. The lowest BCUT2D eigenvalue weighted by Crippen LogP contribution is -2.27. The molecule has 0 aliphatic heterocycles. The Morgan fingerprint density at radius 3 is 2.00 bits per heavy atom. The normalized spacial score (nSPS) is 16.1. The predicted molar refractivity (Wildman–Crippen MR) is 66.1 cm³/mol. The number of aliphatic imine (C=N–C) groups is 1. The molecule has 0 fully saturated rings. The van der Waals surface area contributed by atoms with Crippen molar-refractivity contribution in [3.63, 3.8) is 0 Å². The van der Waals surface area contributed by atoms with Crippen LogP contribution < -0.4 is 0 Å². The fourth-order valence-corrected chi connectivity index (χ4v) is 1.40. The molecule has 1 atom stereocenters. The summed E-state index contributed by atoms with van der Waals surface area (Å²) in [5.74, 6) is 0.729. The van der Waals surface area contributed by atoms with Crippen LogP contribution in [0.3, 0.4) is 0 Å². The van der Waals surface area contributed by atoms with Crippen LogP contribution in [0.25, 0.3) is 0 Å². The average molecular weight is 197 g/mol. The van der Waals surface area contributed by atoms with Gasteiger partial charge in [0.05, 0.1) is 6.04 Å². The molecule has 84 valence electrons. The summed E-state index contributed by atoms with van der Waals surface area (Å²) in [4.78, 5) is 4.82. The second-order valence-electron chi connectivity index (χ2n) is 5.73. The summed E-state index contributed by atoms with van der Waals surface area (Å²) >= 11 is 0. The van der Waals surface area contributed by atoms with Crippen molar-refractivity contribution in [3.8, 4) is 0 Å². The van der Waals surface area contributed by atoms with Crippen LogP contribution in [0.2, 0.25) is 0 Å². The second kappa shape index (κ2) is 5.53. The molecule has 0 aromatic heterocycles. The molecule has 0 rings (SSSR count). The van der Waals surface area contributed by atoms with E-state index in [0.29, 0.717) is 11.5 Å². The fraction of sp³-hybridized carbons (Fsp3) is 0.923. The molecule has 0 bridgehead atoms. The first kappa shape index (κ1) is 13.7. The van der Waals surface area contributed by atoms with Crippen molar-refractivity contribution in [2.24, 2.45) is 16.3 Å². The second-order valence-corrected chi connectivity index (χ2v) is 5.73. The van der Waals surface area contributed by atoms with Gasteiger partial charge in [-0.25, -0.2) is 0 Å². The highest BCUT2D eigenvalue weighted by molar-refractivity contribution is 5.81. The summed E-state index contributed by atoms with van der Waals surface area (Å²) in [7, 11) is 0. The first-order valence-electron chi connectivity index (χ1n) is 5.80. The van der Waals surface area contributed by atoms with Crippen molar-refractivity contribution in [3.05, 3.63) is 0 Å². The number of nitrogens with zero attached hydrogens (tertiary/aromatic N) is 1. The van der Waals surface area contributed by atoms with Crippen LogP contribution in [-0.2, 0) is 0 Å². The molecule has 0 saturated heterocycles. The third-order valence-electron chi connectivity index (χ3n) is 2.58. The van der Waals surface area contributed by atoms with Crippen molar-refractivity contribution in [1.82, 2.24) is 0 Å². The Hall–Kier alpha value is -0.330. The SMILES string of the molecule is CCC(C)=NC(CC(C)C)C(C)(C)C. The van der Waals surface area contributed by atoms with E-state index in [-0.39, 0.29) is 0 Å². The Morgan fingerprint density at radius 1 is 1.21 bits per heavy atom. The largest absolute Gasteiger partial charge is 0.291 e. The molecule has 0 aliphatic carbocycles. The van der Waals surface area contributed by atoms with Gasteiger partial charge >= 0.3 is 0 Å². The van der Waals surface area contributed by atoms with Gasteiger partial charge in [-0.05, 0) is 31.1 Å². The van der Waals surface area contributed by atoms with Crippen LogP contribution in [0.15, 0.2) is 4.99 Å². The minimum atomic E-state index is 0.292. The van der Waals surface area contributed by atoms with Crippen molar-refractivity contribution in [2.75, 3.05) is 0 Å². The molecule has 0 spiro atoms. The molecule has 0 heterocycles. The van der Waals surface area contributed by atoms with Crippen LogP contribution in [-0.4, -0.2) is 11.8 Å². The molecule has 0 amide bonds. The zero-order valence-electron chi connectivity index (χ0n) is 11.0. The van der Waals surface area contributed by atoms with E-state index >= 15 is 0 Å². The topological polar surface area (TPSA) is 12.4 Å². The van der Waals surface area contributed by atoms with Crippen molar-refractivity contribution in [2.45, 2.75) is 67.3 Å². The zero-order valence-corrected chi connectivity index (χ0v) is 11.0. The molecule has 0 aliphatic rings. The Bertz CT molecular complexity index is 184. The quantitative estimate of drug-likeness (QED) is 0.595. The van der Waals surface area contributed by atoms with Crippen LogP contribution in [0.4, 0.5) is 0 Å². The highest BCUT2D eigenvalue weighted by Crippen LogP contribution is 2.27. The lowest BCUT2D eigenvalue weighted by molar-refractivity contribution is 0.283. The van der Waals surface area contributed by atoms with Crippen molar-refractivity contribution < 1.29 is 0 Å². The third-order valence-corrected chi connectivity index (χ3v) is 2.58. The Morgan fingerprint density at radius 2 is 1.71 bits per heavy atom. The molecule has 0 aromatic carbocycles. The van der Waals surface area contributed by atoms with E-state index in [2.05, 4.69) is 48.5 Å². The Kier molecular flexibility index (Phi) is 5.40. The lowest BCUT2D eigenvalue weighted by atomic mass is 9.82. The van der Waals surface area contributed by atoms with Gasteiger partial charge in [0, 0.05) is 5.71 Å². The zero-order chi connectivity index (χ0) is 11.4. The van der Waals surface area contributed by atoms with Gasteiger partial charge in [0.2, 0.25) is 0 Å². The molecule has 1 nitrogen and oxygen atoms in total. The summed E-state index contributed by atoms with van der Waals surface area (Å²) in [6.45, 7) is 15.7. The van der Waals surface area contributed by atoms with Crippen LogP contribution in [0.5, 0.6) is 0 Å². The first-order chi connectivity index (χ1) is 6.27. The van der Waals surface area contributed by atoms with E-state index in [1.165, 1.54) is 12.1 Å². The minimum absolute atomic E-state index is 0.292. The van der Waals surface area contributed by atoms with E-state index in [1.54, 1.807) is 0 Å². The maximum Gasteiger partial charge on any atom is 0.0549 e. The minimum Gasteiger partial charge on any atom is -0.291 e. The van der Waals surface area contributed by atoms with Gasteiger partial charge in [0.25, 0.3) is 0 Å². The van der Waals surface area contributed by atoms with Crippen LogP contribution in [0, 0.1) is 11.3 Å². The molecule has 1 unspecified atom stereocenters. The maximum absolute atomic E-state index is 4.82. The molecular formula is C13H27N. The lowest BCUT2D eigenvalue weighted by Gasteiger charge is -2.29. The van der Waals surface area contributed by atoms with E-state index in [0.717, 1.165) is 12.3 Å². The summed E-state index contributed by atoms with van der Waals surface area (Å²) in [5.41, 5.74) is 1.58. The Balaban J connectivity index is 4.57. The summed E-state index contributed by atoms with van der Waals surface area (Å²) in [5, 5.41) is 0. The fourth-order valence-electron chi connectivity index (χ4n) is 1.40. The molecule has 0 N–H and O–H groups in total. The number of hydrogen-bond donors (Lipinski definition) is 0. The third kappa shape index (κ3) is 5.41. The first-order valence-corrected chi connectivity index (χ1v) is 5.80. The smallest absolute Gasteiger partial charge is 0.0549 e. The summed E-state index contributed by atoms with van der Waals surface area (Å²) in [6, 6.07) is 0.474. The molecular weight excluding hydrogens is 170 g/mol. The molecule has 14 heavy (non-hydrogen) atoms. The molecule has 0 aromatic rings. The summed E-state index contributed by atoms with van der Waals surface area (Å²) in [6.07, 6.45) is 2.27. The van der Waals surface area contributed by atoms with E-state index < -0.39 is 0 Å². The standard InChI is InChI=1S/C13H27N/c1-8-11(4)14-12(9-10(2)3)13(5,6)7/h10,12H,8-9H2,1-7H3. The monoisotopic (exact) mass is 197 g/mol. The summed E-state index contributed by atoms with van der Waals surface area (Å²) < 4.78 is 0. The van der Waals surface area contributed by atoms with Crippen molar-refractivity contribution in [1.29, 1.82) is 0 Å². The molecule has 0 saturated carbocycles. The molecule has 0 radical (unpaired) electrons. The van der Waals surface area contributed by atoms with E-state index in [9.17, 15) is 0 Å². The van der Waals surface area contributed by atoms with Gasteiger partial charge in [-0.2, -0.15) is 0 Å². The van der Waals surface area contributed by atoms with E-state index in [1.807, 2.05) is 0 Å². The van der Waals surface area contributed by atoms with Gasteiger partial charge in [0.1, 0.15) is 0 Å². The van der Waals surface area contributed by atoms with E-state index in [4.69, 9.17) is 4.99 Å². The van der Waals surface area contributed by atoms with Crippen molar-refractivity contribution >= 4 is 5.71 Å². The highest BCUT2D eigenvalue weighted by atomic mass is 14.8. The Labute approximate surface area is 90.0 Å². The average Bonchev–Trinajstić information content (AvgIpc) is 2.00. The van der Waals surface area contributed by atoms with Gasteiger partial charge in [-0.15, -0.1) is 0 Å². The van der Waals surface area contributed by atoms with Gasteiger partial charge in [-0.1, -0.05) is 41.5 Å².